The first-order valence-electron chi connectivity index (χ1n) is 9.40. The average molecular weight is 375 g/mol. The highest BCUT2D eigenvalue weighted by Crippen LogP contribution is 2.20. The summed E-state index contributed by atoms with van der Waals surface area (Å²) < 4.78 is 17.6. The lowest BCUT2D eigenvalue weighted by atomic mass is 10.2. The first-order chi connectivity index (χ1) is 13.0. The van der Waals surface area contributed by atoms with E-state index in [2.05, 4.69) is 9.55 Å². The highest BCUT2D eigenvalue weighted by Gasteiger charge is 2.23. The molecule has 4 heterocycles. The molecule has 27 heavy (non-hydrogen) atoms. The van der Waals surface area contributed by atoms with Gasteiger partial charge in [-0.25, -0.2) is 4.79 Å². The van der Waals surface area contributed by atoms with Crippen molar-refractivity contribution in [2.75, 3.05) is 19.8 Å². The molecule has 1 aliphatic rings. The van der Waals surface area contributed by atoms with E-state index in [-0.39, 0.29) is 23.9 Å². The first-order valence-corrected chi connectivity index (χ1v) is 9.40. The largest absolute Gasteiger partial charge is 0.380 e. The average Bonchev–Trinajstić information content (AvgIpc) is 3.34. The maximum absolute atomic E-state index is 13.0. The molecule has 4 rings (SSSR count). The van der Waals surface area contributed by atoms with Crippen LogP contribution >= 0.6 is 0 Å². The topological polar surface area (TPSA) is 84.7 Å². The standard InChI is InChI=1S/C18H25N5O4/c1-4-26-9-7-21-16(24)14-15(20(3)18(21)25)19-17-22(12(2)10-23(14)17)11-13-6-5-8-27-13/h10,13H,4-9,11H2,1-3H3/t13-/m1/s1. The molecule has 0 aliphatic carbocycles. The number of rotatable bonds is 6. The zero-order valence-corrected chi connectivity index (χ0v) is 16.0. The van der Waals surface area contributed by atoms with Crippen molar-refractivity contribution in [3.8, 4) is 0 Å². The lowest BCUT2D eigenvalue weighted by molar-refractivity contribution is 0.0974. The molecule has 1 aliphatic heterocycles. The minimum absolute atomic E-state index is 0.159. The highest BCUT2D eigenvalue weighted by atomic mass is 16.5. The Kier molecular flexibility index (Phi) is 4.65. The molecule has 0 N–H and O–H groups in total. The number of hydrogen-bond donors (Lipinski definition) is 0. The van der Waals surface area contributed by atoms with Gasteiger partial charge in [0.15, 0.2) is 11.2 Å². The lowest BCUT2D eigenvalue weighted by Gasteiger charge is -2.11. The molecule has 146 valence electrons. The smallest absolute Gasteiger partial charge is 0.332 e. The molecule has 0 saturated carbocycles. The van der Waals surface area contributed by atoms with Gasteiger partial charge in [0.25, 0.3) is 5.56 Å². The number of imidazole rings is 2. The Labute approximate surface area is 155 Å². The maximum Gasteiger partial charge on any atom is 0.332 e. The summed E-state index contributed by atoms with van der Waals surface area (Å²) in [7, 11) is 1.64. The second-order valence-corrected chi connectivity index (χ2v) is 6.97. The van der Waals surface area contributed by atoms with E-state index in [9.17, 15) is 9.59 Å². The fourth-order valence-corrected chi connectivity index (χ4v) is 3.77. The molecule has 3 aromatic heterocycles. The zero-order valence-electron chi connectivity index (χ0n) is 16.0. The van der Waals surface area contributed by atoms with E-state index in [1.807, 2.05) is 20.0 Å². The monoisotopic (exact) mass is 375 g/mol. The van der Waals surface area contributed by atoms with Crippen molar-refractivity contribution in [1.82, 2.24) is 23.1 Å². The van der Waals surface area contributed by atoms with Crippen LogP contribution in [0.4, 0.5) is 0 Å². The number of fused-ring (bicyclic) bond motifs is 3. The summed E-state index contributed by atoms with van der Waals surface area (Å²) >= 11 is 0. The lowest BCUT2D eigenvalue weighted by Crippen LogP contribution is -2.40. The van der Waals surface area contributed by atoms with Gasteiger partial charge >= 0.3 is 5.69 Å². The van der Waals surface area contributed by atoms with E-state index in [0.29, 0.717) is 36.7 Å². The Balaban J connectivity index is 1.88. The van der Waals surface area contributed by atoms with Crippen LogP contribution in [-0.2, 0) is 29.6 Å². The van der Waals surface area contributed by atoms with E-state index in [0.717, 1.165) is 25.1 Å². The Hall–Kier alpha value is -2.39. The third kappa shape index (κ3) is 2.90. The van der Waals surface area contributed by atoms with Crippen LogP contribution in [0, 0.1) is 6.92 Å². The fraction of sp³-hybridized carbons (Fsp3) is 0.611. The molecule has 9 heteroatoms. The van der Waals surface area contributed by atoms with Crippen LogP contribution in [0.2, 0.25) is 0 Å². The molecular weight excluding hydrogens is 350 g/mol. The van der Waals surface area contributed by atoms with Crippen molar-refractivity contribution < 1.29 is 9.47 Å². The molecule has 9 nitrogen and oxygen atoms in total. The molecule has 3 aromatic rings. The molecule has 1 fully saturated rings. The van der Waals surface area contributed by atoms with Crippen LogP contribution in [0.15, 0.2) is 15.8 Å². The van der Waals surface area contributed by atoms with E-state index >= 15 is 0 Å². The van der Waals surface area contributed by atoms with Gasteiger partial charge < -0.3 is 14.0 Å². The summed E-state index contributed by atoms with van der Waals surface area (Å²) in [5.41, 5.74) is 1.10. The normalized spacial score (nSPS) is 17.5. The number of ether oxygens (including phenoxy) is 2. The molecule has 0 amide bonds. The maximum atomic E-state index is 13.0. The Morgan fingerprint density at radius 3 is 2.85 bits per heavy atom. The Morgan fingerprint density at radius 1 is 1.33 bits per heavy atom. The summed E-state index contributed by atoms with van der Waals surface area (Å²) in [4.78, 5) is 30.3. The molecule has 0 aromatic carbocycles. The molecule has 1 atom stereocenters. The van der Waals surface area contributed by atoms with Gasteiger partial charge in [-0.15, -0.1) is 0 Å². The van der Waals surface area contributed by atoms with Crippen LogP contribution in [0.5, 0.6) is 0 Å². The molecule has 0 spiro atoms. The van der Waals surface area contributed by atoms with Crippen LogP contribution < -0.4 is 11.2 Å². The fourth-order valence-electron chi connectivity index (χ4n) is 3.77. The molecular formula is C18H25N5O4. The summed E-state index contributed by atoms with van der Waals surface area (Å²) in [6.45, 7) is 6.43. The van der Waals surface area contributed by atoms with Crippen molar-refractivity contribution >= 4 is 16.9 Å². The van der Waals surface area contributed by atoms with Gasteiger partial charge in [-0.3, -0.25) is 18.3 Å². The number of hydrogen-bond acceptors (Lipinski definition) is 5. The van der Waals surface area contributed by atoms with Gasteiger partial charge in [0.2, 0.25) is 5.78 Å². The van der Waals surface area contributed by atoms with Crippen LogP contribution in [0.1, 0.15) is 25.5 Å². The first kappa shape index (κ1) is 18.0. The zero-order chi connectivity index (χ0) is 19.1. The number of nitrogens with zero attached hydrogens (tertiary/aromatic N) is 5. The second kappa shape index (κ2) is 6.97. The van der Waals surface area contributed by atoms with Gasteiger partial charge in [-0.2, -0.15) is 4.98 Å². The predicted molar refractivity (Wildman–Crippen MR) is 100 cm³/mol. The van der Waals surface area contributed by atoms with Crippen molar-refractivity contribution in [3.63, 3.8) is 0 Å². The molecule has 1 saturated heterocycles. The quantitative estimate of drug-likeness (QED) is 0.592. The molecule has 0 bridgehead atoms. The minimum Gasteiger partial charge on any atom is -0.380 e. The third-order valence-electron chi connectivity index (χ3n) is 5.21. The van der Waals surface area contributed by atoms with Crippen molar-refractivity contribution in [2.45, 2.75) is 45.9 Å². The van der Waals surface area contributed by atoms with Gasteiger partial charge in [0, 0.05) is 32.2 Å². The van der Waals surface area contributed by atoms with Gasteiger partial charge in [-0.1, -0.05) is 0 Å². The third-order valence-corrected chi connectivity index (χ3v) is 5.21. The second-order valence-electron chi connectivity index (χ2n) is 6.97. The summed E-state index contributed by atoms with van der Waals surface area (Å²) in [6, 6.07) is 0. The highest BCUT2D eigenvalue weighted by molar-refractivity contribution is 5.75. The van der Waals surface area contributed by atoms with E-state index in [4.69, 9.17) is 9.47 Å². The Bertz CT molecular complexity index is 1100. The van der Waals surface area contributed by atoms with Crippen LogP contribution in [0.25, 0.3) is 16.9 Å². The number of aromatic nitrogens is 5. The summed E-state index contributed by atoms with van der Waals surface area (Å²) in [5, 5.41) is 0. The van der Waals surface area contributed by atoms with Crippen molar-refractivity contribution in [3.05, 3.63) is 32.7 Å². The van der Waals surface area contributed by atoms with Gasteiger partial charge in [0.1, 0.15) is 0 Å². The Morgan fingerprint density at radius 2 is 2.15 bits per heavy atom. The van der Waals surface area contributed by atoms with Crippen molar-refractivity contribution in [1.29, 1.82) is 0 Å². The van der Waals surface area contributed by atoms with E-state index in [1.165, 1.54) is 9.13 Å². The summed E-state index contributed by atoms with van der Waals surface area (Å²) in [6.07, 6.45) is 4.15. The molecule has 0 unspecified atom stereocenters. The van der Waals surface area contributed by atoms with E-state index < -0.39 is 0 Å². The minimum atomic E-state index is -0.379. The van der Waals surface area contributed by atoms with Crippen LogP contribution in [-0.4, -0.2) is 49.0 Å². The number of aryl methyl sites for hydroxylation is 2. The van der Waals surface area contributed by atoms with Gasteiger partial charge in [-0.05, 0) is 26.7 Å². The SMILES string of the molecule is CCOCCn1c(=O)c2c(nc3n(C[C@H]4CCCO4)c(C)cn23)n(C)c1=O. The van der Waals surface area contributed by atoms with Crippen molar-refractivity contribution in [2.24, 2.45) is 7.05 Å². The van der Waals surface area contributed by atoms with Crippen LogP contribution in [0.3, 0.4) is 0 Å². The van der Waals surface area contributed by atoms with E-state index in [1.54, 1.807) is 11.4 Å². The predicted octanol–water partition coefficient (Wildman–Crippen LogP) is 0.673. The van der Waals surface area contributed by atoms with Gasteiger partial charge in [0.05, 0.1) is 25.8 Å². The molecule has 0 radical (unpaired) electrons. The summed E-state index contributed by atoms with van der Waals surface area (Å²) in [5.74, 6) is 0.660.